The van der Waals surface area contributed by atoms with Crippen LogP contribution in [0.15, 0.2) is 48.5 Å². The molecule has 1 amide bonds. The lowest BCUT2D eigenvalue weighted by atomic mass is 10.1. The largest absolute Gasteiger partial charge is 0.324 e. The fraction of sp³-hybridized carbons (Fsp3) is 0. The van der Waals surface area contributed by atoms with Crippen molar-refractivity contribution in [1.82, 2.24) is 9.97 Å². The number of aromatic amines is 1. The Morgan fingerprint density at radius 2 is 2.00 bits per heavy atom. The third-order valence-electron chi connectivity index (χ3n) is 2.81. The molecule has 4 heteroatoms. The number of amides is 1. The molecule has 3 aromatic rings. The lowest BCUT2D eigenvalue weighted by molar-refractivity contribution is 0.102. The fourth-order valence-electron chi connectivity index (χ4n) is 1.90. The first-order chi connectivity index (χ1) is 9.22. The SMILES string of the molecule is [CH2]c1cccc(C(=O)Nc2nc3ccccc3[nH]2)c1. The van der Waals surface area contributed by atoms with E-state index in [9.17, 15) is 4.79 Å². The van der Waals surface area contributed by atoms with Crippen molar-refractivity contribution in [2.45, 2.75) is 0 Å². The van der Waals surface area contributed by atoms with Gasteiger partial charge in [0.05, 0.1) is 11.0 Å². The molecule has 2 N–H and O–H groups in total. The number of fused-ring (bicyclic) bond motifs is 1. The summed E-state index contributed by atoms with van der Waals surface area (Å²) in [5.41, 5.74) is 3.08. The smallest absolute Gasteiger partial charge is 0.257 e. The van der Waals surface area contributed by atoms with Crippen LogP contribution in [0.5, 0.6) is 0 Å². The molecule has 3 rings (SSSR count). The fourth-order valence-corrected chi connectivity index (χ4v) is 1.90. The summed E-state index contributed by atoms with van der Waals surface area (Å²) in [6, 6.07) is 14.7. The average molecular weight is 250 g/mol. The van der Waals surface area contributed by atoms with E-state index < -0.39 is 0 Å². The van der Waals surface area contributed by atoms with Gasteiger partial charge in [-0.05, 0) is 36.8 Å². The molecular formula is C15H12N3O. The summed E-state index contributed by atoms with van der Waals surface area (Å²) in [5, 5.41) is 2.74. The summed E-state index contributed by atoms with van der Waals surface area (Å²) < 4.78 is 0. The van der Waals surface area contributed by atoms with Crippen molar-refractivity contribution in [2.75, 3.05) is 5.32 Å². The maximum absolute atomic E-state index is 12.0. The standard InChI is InChI=1S/C15H12N3O/c1-10-5-4-6-11(9-10)14(19)18-15-16-12-7-2-3-8-13(12)17-15/h2-9H,1H2,(H2,16,17,18,19). The van der Waals surface area contributed by atoms with Crippen LogP contribution in [0.25, 0.3) is 11.0 Å². The van der Waals surface area contributed by atoms with Crippen molar-refractivity contribution in [1.29, 1.82) is 0 Å². The summed E-state index contributed by atoms with van der Waals surface area (Å²) >= 11 is 0. The molecule has 93 valence electrons. The van der Waals surface area contributed by atoms with Gasteiger partial charge in [0, 0.05) is 5.56 Å². The molecule has 0 saturated heterocycles. The highest BCUT2D eigenvalue weighted by Gasteiger charge is 2.08. The van der Waals surface area contributed by atoms with Gasteiger partial charge in [-0.15, -0.1) is 0 Å². The number of nitrogens with one attached hydrogen (secondary N) is 2. The van der Waals surface area contributed by atoms with Crippen molar-refractivity contribution >= 4 is 22.9 Å². The highest BCUT2D eigenvalue weighted by Crippen LogP contribution is 2.14. The van der Waals surface area contributed by atoms with Gasteiger partial charge in [0.25, 0.3) is 5.91 Å². The summed E-state index contributed by atoms with van der Waals surface area (Å²) in [6.45, 7) is 3.80. The highest BCUT2D eigenvalue weighted by atomic mass is 16.1. The Kier molecular flexibility index (Phi) is 2.76. The first kappa shape index (κ1) is 11.5. The summed E-state index contributed by atoms with van der Waals surface area (Å²) in [6.07, 6.45) is 0. The maximum Gasteiger partial charge on any atom is 0.257 e. The predicted molar refractivity (Wildman–Crippen MR) is 74.9 cm³/mol. The number of carbonyl (C=O) groups is 1. The van der Waals surface area contributed by atoms with Crippen molar-refractivity contribution < 1.29 is 4.79 Å². The Hall–Kier alpha value is -2.62. The van der Waals surface area contributed by atoms with Gasteiger partial charge in [0.2, 0.25) is 5.95 Å². The van der Waals surface area contributed by atoms with Gasteiger partial charge >= 0.3 is 0 Å². The van der Waals surface area contributed by atoms with Crippen LogP contribution in [0, 0.1) is 6.92 Å². The summed E-state index contributed by atoms with van der Waals surface area (Å²) in [4.78, 5) is 19.4. The Labute approximate surface area is 110 Å². The van der Waals surface area contributed by atoms with Crippen LogP contribution >= 0.6 is 0 Å². The van der Waals surface area contributed by atoms with Crippen molar-refractivity contribution in [3.05, 3.63) is 66.6 Å². The van der Waals surface area contributed by atoms with Crippen LogP contribution in [-0.2, 0) is 0 Å². The molecular weight excluding hydrogens is 238 g/mol. The van der Waals surface area contributed by atoms with E-state index in [1.165, 1.54) is 0 Å². The highest BCUT2D eigenvalue weighted by molar-refractivity contribution is 6.04. The molecule has 2 aromatic carbocycles. The minimum absolute atomic E-state index is 0.204. The average Bonchev–Trinajstić information content (AvgIpc) is 2.80. The molecule has 0 atom stereocenters. The normalized spacial score (nSPS) is 10.6. The molecule has 1 radical (unpaired) electrons. The molecule has 0 aliphatic carbocycles. The second-order valence-corrected chi connectivity index (χ2v) is 4.26. The van der Waals surface area contributed by atoms with Crippen molar-refractivity contribution in [3.63, 3.8) is 0 Å². The Morgan fingerprint density at radius 3 is 2.79 bits per heavy atom. The van der Waals surface area contributed by atoms with E-state index in [1.54, 1.807) is 18.2 Å². The van der Waals surface area contributed by atoms with E-state index in [-0.39, 0.29) is 5.91 Å². The molecule has 4 nitrogen and oxygen atoms in total. The van der Waals surface area contributed by atoms with Gasteiger partial charge < -0.3 is 4.98 Å². The van der Waals surface area contributed by atoms with Gasteiger partial charge in [-0.25, -0.2) is 4.98 Å². The molecule has 0 saturated carbocycles. The van der Waals surface area contributed by atoms with Crippen molar-refractivity contribution in [2.24, 2.45) is 0 Å². The molecule has 0 aliphatic heterocycles. The minimum atomic E-state index is -0.204. The molecule has 1 aromatic heterocycles. The predicted octanol–water partition coefficient (Wildman–Crippen LogP) is 3.00. The number of hydrogen-bond acceptors (Lipinski definition) is 2. The first-order valence-corrected chi connectivity index (χ1v) is 5.90. The Morgan fingerprint density at radius 1 is 1.16 bits per heavy atom. The number of carbonyl (C=O) groups excluding carboxylic acids is 1. The van der Waals surface area contributed by atoms with Gasteiger partial charge in [-0.2, -0.15) is 0 Å². The number of hydrogen-bond donors (Lipinski definition) is 2. The van der Waals surface area contributed by atoms with Gasteiger partial charge in [0.15, 0.2) is 0 Å². The lowest BCUT2D eigenvalue weighted by Gasteiger charge is -2.02. The van der Waals surface area contributed by atoms with Gasteiger partial charge in [0.1, 0.15) is 0 Å². The third kappa shape index (κ3) is 2.33. The van der Waals surface area contributed by atoms with Crippen LogP contribution in [0.4, 0.5) is 5.95 Å². The van der Waals surface area contributed by atoms with E-state index >= 15 is 0 Å². The van der Waals surface area contributed by atoms with Crippen LogP contribution in [0.1, 0.15) is 15.9 Å². The number of anilines is 1. The van der Waals surface area contributed by atoms with Crippen LogP contribution < -0.4 is 5.32 Å². The van der Waals surface area contributed by atoms with E-state index in [1.807, 2.05) is 30.3 Å². The maximum atomic E-state index is 12.0. The third-order valence-corrected chi connectivity index (χ3v) is 2.81. The molecule has 0 unspecified atom stereocenters. The monoisotopic (exact) mass is 250 g/mol. The van der Waals surface area contributed by atoms with Gasteiger partial charge in [-0.1, -0.05) is 24.3 Å². The zero-order chi connectivity index (χ0) is 13.2. The van der Waals surface area contributed by atoms with Crippen molar-refractivity contribution in [3.8, 4) is 0 Å². The molecule has 0 aliphatic rings. The topological polar surface area (TPSA) is 57.8 Å². The number of imidazole rings is 1. The van der Waals surface area contributed by atoms with E-state index in [4.69, 9.17) is 0 Å². The number of benzene rings is 2. The van der Waals surface area contributed by atoms with Crippen LogP contribution in [-0.4, -0.2) is 15.9 Å². The number of aromatic nitrogens is 2. The quantitative estimate of drug-likeness (QED) is 0.734. The molecule has 0 bridgehead atoms. The Balaban J connectivity index is 1.86. The number of H-pyrrole nitrogens is 1. The lowest BCUT2D eigenvalue weighted by Crippen LogP contribution is -2.12. The van der Waals surface area contributed by atoms with E-state index in [0.717, 1.165) is 16.6 Å². The number of rotatable bonds is 2. The first-order valence-electron chi connectivity index (χ1n) is 5.90. The number of para-hydroxylation sites is 2. The summed E-state index contributed by atoms with van der Waals surface area (Å²) in [5.74, 6) is 0.241. The van der Waals surface area contributed by atoms with E-state index in [2.05, 4.69) is 22.2 Å². The second-order valence-electron chi connectivity index (χ2n) is 4.26. The van der Waals surface area contributed by atoms with E-state index in [0.29, 0.717) is 11.5 Å². The molecule has 1 heterocycles. The zero-order valence-corrected chi connectivity index (χ0v) is 10.2. The Bertz CT molecular complexity index is 713. The minimum Gasteiger partial charge on any atom is -0.324 e. The summed E-state index contributed by atoms with van der Waals surface area (Å²) in [7, 11) is 0. The van der Waals surface area contributed by atoms with Crippen LogP contribution in [0.2, 0.25) is 0 Å². The number of nitrogens with zero attached hydrogens (tertiary/aromatic N) is 1. The molecule has 0 spiro atoms. The van der Waals surface area contributed by atoms with Gasteiger partial charge in [-0.3, -0.25) is 10.1 Å². The zero-order valence-electron chi connectivity index (χ0n) is 10.2. The van der Waals surface area contributed by atoms with Crippen LogP contribution in [0.3, 0.4) is 0 Å². The second kappa shape index (κ2) is 4.57. The molecule has 0 fully saturated rings. The molecule has 19 heavy (non-hydrogen) atoms.